The zero-order valence-electron chi connectivity index (χ0n) is 14.0. The average molecular weight is 312 g/mol. The fraction of sp³-hybridized carbons (Fsp3) is 0.333. The van der Waals surface area contributed by atoms with Gasteiger partial charge in [0.05, 0.1) is 5.56 Å². The van der Waals surface area contributed by atoms with Crippen LogP contribution in [-0.4, -0.2) is 43.0 Å². The fourth-order valence-corrected chi connectivity index (χ4v) is 2.17. The molecular formula is C18H24N4O. The molecule has 0 atom stereocenters. The molecule has 0 spiro atoms. The number of carbonyl (C=O) groups is 1. The molecule has 1 heterocycles. The maximum Gasteiger partial charge on any atom is 0.252 e. The van der Waals surface area contributed by atoms with Gasteiger partial charge >= 0.3 is 0 Å². The highest BCUT2D eigenvalue weighted by Gasteiger charge is 2.06. The van der Waals surface area contributed by atoms with E-state index in [1.807, 2.05) is 51.4 Å². The Labute approximate surface area is 137 Å². The van der Waals surface area contributed by atoms with E-state index in [2.05, 4.69) is 20.5 Å². The van der Waals surface area contributed by atoms with Crippen LogP contribution in [-0.2, 0) is 0 Å². The van der Waals surface area contributed by atoms with Crippen molar-refractivity contribution in [1.29, 1.82) is 0 Å². The first kappa shape index (κ1) is 17.0. The normalized spacial score (nSPS) is 10.6. The van der Waals surface area contributed by atoms with Gasteiger partial charge in [-0.05, 0) is 63.8 Å². The number of nitrogens with zero attached hydrogens (tertiary/aromatic N) is 2. The van der Waals surface area contributed by atoms with Crippen molar-refractivity contribution in [2.45, 2.75) is 13.3 Å². The number of hydrogen-bond donors (Lipinski definition) is 2. The van der Waals surface area contributed by atoms with E-state index in [4.69, 9.17) is 0 Å². The molecule has 0 aliphatic rings. The highest BCUT2D eigenvalue weighted by Crippen LogP contribution is 2.15. The lowest BCUT2D eigenvalue weighted by Gasteiger charge is -2.10. The SMILES string of the molecule is Cc1cccc(Nc2ccc(C(=O)NCCCN(C)C)cn2)c1. The van der Waals surface area contributed by atoms with Crippen LogP contribution in [0, 0.1) is 6.92 Å². The molecule has 23 heavy (non-hydrogen) atoms. The van der Waals surface area contributed by atoms with Crippen molar-refractivity contribution in [2.75, 3.05) is 32.5 Å². The zero-order chi connectivity index (χ0) is 16.7. The first-order valence-electron chi connectivity index (χ1n) is 7.77. The summed E-state index contributed by atoms with van der Waals surface area (Å²) in [5.41, 5.74) is 2.74. The maximum absolute atomic E-state index is 12.0. The Hall–Kier alpha value is -2.40. The molecule has 0 saturated carbocycles. The second-order valence-corrected chi connectivity index (χ2v) is 5.84. The minimum absolute atomic E-state index is 0.0849. The molecule has 1 aromatic heterocycles. The lowest BCUT2D eigenvalue weighted by Crippen LogP contribution is -2.27. The van der Waals surface area contributed by atoms with Gasteiger partial charge in [-0.1, -0.05) is 12.1 Å². The van der Waals surface area contributed by atoms with Crippen LogP contribution in [0.25, 0.3) is 0 Å². The molecular weight excluding hydrogens is 288 g/mol. The molecule has 0 saturated heterocycles. The molecule has 5 nitrogen and oxygen atoms in total. The van der Waals surface area contributed by atoms with Crippen LogP contribution in [0.4, 0.5) is 11.5 Å². The number of aromatic nitrogens is 1. The van der Waals surface area contributed by atoms with E-state index >= 15 is 0 Å². The summed E-state index contributed by atoms with van der Waals surface area (Å²) in [6.07, 6.45) is 2.53. The van der Waals surface area contributed by atoms with Crippen molar-refractivity contribution < 1.29 is 4.79 Å². The van der Waals surface area contributed by atoms with Gasteiger partial charge in [0.15, 0.2) is 0 Å². The third kappa shape index (κ3) is 5.71. The highest BCUT2D eigenvalue weighted by molar-refractivity contribution is 5.94. The lowest BCUT2D eigenvalue weighted by molar-refractivity contribution is 0.0952. The van der Waals surface area contributed by atoms with Crippen LogP contribution >= 0.6 is 0 Å². The van der Waals surface area contributed by atoms with Gasteiger partial charge < -0.3 is 15.5 Å². The van der Waals surface area contributed by atoms with E-state index in [9.17, 15) is 4.79 Å². The molecule has 2 aromatic rings. The monoisotopic (exact) mass is 312 g/mol. The van der Waals surface area contributed by atoms with Gasteiger partial charge in [-0.25, -0.2) is 4.98 Å². The van der Waals surface area contributed by atoms with Crippen molar-refractivity contribution in [3.8, 4) is 0 Å². The van der Waals surface area contributed by atoms with Crippen LogP contribution in [0.3, 0.4) is 0 Å². The summed E-state index contributed by atoms with van der Waals surface area (Å²) in [6.45, 7) is 3.67. The Morgan fingerprint density at radius 3 is 2.70 bits per heavy atom. The second-order valence-electron chi connectivity index (χ2n) is 5.84. The van der Waals surface area contributed by atoms with Crippen LogP contribution in [0.15, 0.2) is 42.6 Å². The second kappa shape index (κ2) is 8.29. The standard InChI is InChI=1S/C18H24N4O/c1-14-6-4-7-16(12-14)21-17-9-8-15(13-20-17)18(23)19-10-5-11-22(2)3/h4,6-9,12-13H,5,10-11H2,1-3H3,(H,19,23)(H,20,21). The molecule has 0 unspecified atom stereocenters. The minimum Gasteiger partial charge on any atom is -0.352 e. The third-order valence-corrected chi connectivity index (χ3v) is 3.38. The number of anilines is 2. The highest BCUT2D eigenvalue weighted by atomic mass is 16.1. The predicted molar refractivity (Wildman–Crippen MR) is 94.2 cm³/mol. The Morgan fingerprint density at radius 2 is 2.04 bits per heavy atom. The predicted octanol–water partition coefficient (Wildman–Crippen LogP) is 2.82. The number of amides is 1. The van der Waals surface area contributed by atoms with E-state index in [0.29, 0.717) is 12.1 Å². The van der Waals surface area contributed by atoms with Crippen molar-refractivity contribution in [3.63, 3.8) is 0 Å². The van der Waals surface area contributed by atoms with Crippen LogP contribution in [0.2, 0.25) is 0 Å². The molecule has 1 aromatic carbocycles. The molecule has 0 bridgehead atoms. The first-order valence-corrected chi connectivity index (χ1v) is 7.77. The largest absolute Gasteiger partial charge is 0.352 e. The number of benzene rings is 1. The summed E-state index contributed by atoms with van der Waals surface area (Å²) in [7, 11) is 4.04. The summed E-state index contributed by atoms with van der Waals surface area (Å²) in [4.78, 5) is 18.4. The van der Waals surface area contributed by atoms with Crippen LogP contribution in [0.5, 0.6) is 0 Å². The molecule has 2 rings (SSSR count). The van der Waals surface area contributed by atoms with Gasteiger partial charge in [0, 0.05) is 18.4 Å². The van der Waals surface area contributed by atoms with Gasteiger partial charge in [0.2, 0.25) is 0 Å². The molecule has 5 heteroatoms. The van der Waals surface area contributed by atoms with Crippen LogP contribution < -0.4 is 10.6 Å². The smallest absolute Gasteiger partial charge is 0.252 e. The molecule has 122 valence electrons. The van der Waals surface area contributed by atoms with E-state index in [1.165, 1.54) is 5.56 Å². The van der Waals surface area contributed by atoms with Crippen molar-refractivity contribution in [1.82, 2.24) is 15.2 Å². The van der Waals surface area contributed by atoms with Gasteiger partial charge in [-0.3, -0.25) is 4.79 Å². The van der Waals surface area contributed by atoms with Gasteiger partial charge in [0.1, 0.15) is 5.82 Å². The number of nitrogens with one attached hydrogen (secondary N) is 2. The molecule has 0 radical (unpaired) electrons. The number of carbonyl (C=O) groups excluding carboxylic acids is 1. The summed E-state index contributed by atoms with van der Waals surface area (Å²) in [6, 6.07) is 11.7. The van der Waals surface area contributed by atoms with E-state index in [-0.39, 0.29) is 5.91 Å². The molecule has 0 fully saturated rings. The lowest BCUT2D eigenvalue weighted by atomic mass is 10.2. The van der Waals surface area contributed by atoms with Gasteiger partial charge in [0.25, 0.3) is 5.91 Å². The topological polar surface area (TPSA) is 57.3 Å². The van der Waals surface area contributed by atoms with Gasteiger partial charge in [-0.2, -0.15) is 0 Å². The molecule has 2 N–H and O–H groups in total. The third-order valence-electron chi connectivity index (χ3n) is 3.38. The summed E-state index contributed by atoms with van der Waals surface area (Å²) in [5.74, 6) is 0.637. The minimum atomic E-state index is -0.0849. The van der Waals surface area contributed by atoms with E-state index < -0.39 is 0 Å². The van der Waals surface area contributed by atoms with E-state index in [1.54, 1.807) is 12.3 Å². The van der Waals surface area contributed by atoms with Crippen LogP contribution in [0.1, 0.15) is 22.3 Å². The number of rotatable bonds is 7. The quantitative estimate of drug-likeness (QED) is 0.772. The first-order chi connectivity index (χ1) is 11.0. The molecule has 0 aliphatic carbocycles. The van der Waals surface area contributed by atoms with Crippen molar-refractivity contribution >= 4 is 17.4 Å². The maximum atomic E-state index is 12.0. The summed E-state index contributed by atoms with van der Waals surface area (Å²) in [5, 5.41) is 6.13. The van der Waals surface area contributed by atoms with E-state index in [0.717, 1.165) is 24.5 Å². The number of pyridine rings is 1. The fourth-order valence-electron chi connectivity index (χ4n) is 2.17. The zero-order valence-corrected chi connectivity index (χ0v) is 14.0. The number of aryl methyl sites for hydroxylation is 1. The summed E-state index contributed by atoms with van der Waals surface area (Å²) >= 11 is 0. The Balaban J connectivity index is 1.87. The van der Waals surface area contributed by atoms with Crippen molar-refractivity contribution in [3.05, 3.63) is 53.7 Å². The average Bonchev–Trinajstić information content (AvgIpc) is 2.52. The van der Waals surface area contributed by atoms with Crippen molar-refractivity contribution in [2.24, 2.45) is 0 Å². The molecule has 0 aliphatic heterocycles. The Morgan fingerprint density at radius 1 is 1.22 bits per heavy atom. The Kier molecular flexibility index (Phi) is 6.11. The number of hydrogen-bond acceptors (Lipinski definition) is 4. The van der Waals surface area contributed by atoms with Gasteiger partial charge in [-0.15, -0.1) is 0 Å². The summed E-state index contributed by atoms with van der Waals surface area (Å²) < 4.78 is 0. The Bertz CT molecular complexity index is 638. The molecule has 1 amide bonds.